The van der Waals surface area contributed by atoms with Gasteiger partial charge in [-0.2, -0.15) is 5.10 Å². The Morgan fingerprint density at radius 2 is 2.00 bits per heavy atom. The standard InChI is InChI=1S/C19H24N4O4/c1-19(2,3)27-18(25)20-10-9-17(24)23-21-12-14-6-5-13-11-15(26-4)7-8-16(13)22-14/h5-8,11-12H,9-10H2,1-4H3,(H,20,25)(H,23,24). The van der Waals surface area contributed by atoms with Crippen molar-refractivity contribution in [2.75, 3.05) is 13.7 Å². The van der Waals surface area contributed by atoms with Gasteiger partial charge in [-0.1, -0.05) is 6.07 Å². The van der Waals surface area contributed by atoms with Crippen molar-refractivity contribution in [2.24, 2.45) is 5.10 Å². The number of fused-ring (bicyclic) bond motifs is 1. The van der Waals surface area contributed by atoms with Gasteiger partial charge < -0.3 is 14.8 Å². The Kier molecular flexibility index (Phi) is 6.70. The van der Waals surface area contributed by atoms with Gasteiger partial charge in [-0.05, 0) is 45.0 Å². The van der Waals surface area contributed by atoms with Crippen molar-refractivity contribution >= 4 is 29.1 Å². The second-order valence-electron chi connectivity index (χ2n) is 6.77. The van der Waals surface area contributed by atoms with Gasteiger partial charge in [-0.15, -0.1) is 0 Å². The van der Waals surface area contributed by atoms with Gasteiger partial charge in [0.2, 0.25) is 5.91 Å². The number of ether oxygens (including phenoxy) is 2. The summed E-state index contributed by atoms with van der Waals surface area (Å²) >= 11 is 0. The van der Waals surface area contributed by atoms with E-state index < -0.39 is 11.7 Å². The molecule has 1 aromatic carbocycles. The van der Waals surface area contributed by atoms with Crippen molar-refractivity contribution in [3.05, 3.63) is 36.0 Å². The Morgan fingerprint density at radius 3 is 2.70 bits per heavy atom. The van der Waals surface area contributed by atoms with Crippen molar-refractivity contribution in [1.29, 1.82) is 0 Å². The van der Waals surface area contributed by atoms with Crippen molar-refractivity contribution < 1.29 is 19.1 Å². The van der Waals surface area contributed by atoms with Crippen LogP contribution in [0.1, 0.15) is 32.9 Å². The summed E-state index contributed by atoms with van der Waals surface area (Å²) in [6.45, 7) is 5.47. The Bertz CT molecular complexity index is 843. The predicted molar refractivity (Wildman–Crippen MR) is 103 cm³/mol. The molecule has 0 radical (unpaired) electrons. The molecule has 144 valence electrons. The number of aromatic nitrogens is 1. The van der Waals surface area contributed by atoms with E-state index in [1.54, 1.807) is 33.9 Å². The zero-order valence-corrected chi connectivity index (χ0v) is 15.9. The fraction of sp³-hybridized carbons (Fsp3) is 0.368. The zero-order chi connectivity index (χ0) is 19.9. The third-order valence-electron chi connectivity index (χ3n) is 3.32. The smallest absolute Gasteiger partial charge is 0.407 e. The molecule has 0 fully saturated rings. The SMILES string of the molecule is COc1ccc2nc(C=NNC(=O)CCNC(=O)OC(C)(C)C)ccc2c1. The van der Waals surface area contributed by atoms with Gasteiger partial charge in [0.05, 0.1) is 24.5 Å². The second kappa shape index (κ2) is 8.98. The van der Waals surface area contributed by atoms with Crippen LogP contribution in [-0.2, 0) is 9.53 Å². The lowest BCUT2D eigenvalue weighted by atomic mass is 10.2. The second-order valence-corrected chi connectivity index (χ2v) is 6.77. The fourth-order valence-electron chi connectivity index (χ4n) is 2.14. The molecule has 0 unspecified atom stereocenters. The largest absolute Gasteiger partial charge is 0.497 e. The van der Waals surface area contributed by atoms with Gasteiger partial charge in [0.1, 0.15) is 11.4 Å². The van der Waals surface area contributed by atoms with E-state index in [-0.39, 0.29) is 18.9 Å². The number of nitrogens with zero attached hydrogens (tertiary/aromatic N) is 2. The number of carbonyl (C=O) groups is 2. The highest BCUT2D eigenvalue weighted by Gasteiger charge is 2.15. The highest BCUT2D eigenvalue weighted by molar-refractivity contribution is 5.86. The molecule has 0 aliphatic heterocycles. The first-order chi connectivity index (χ1) is 12.8. The van der Waals surface area contributed by atoms with Crippen molar-refractivity contribution in [3.8, 4) is 5.75 Å². The molecule has 2 aromatic rings. The van der Waals surface area contributed by atoms with Crippen molar-refractivity contribution in [1.82, 2.24) is 15.7 Å². The van der Waals surface area contributed by atoms with Gasteiger partial charge in [0.25, 0.3) is 0 Å². The monoisotopic (exact) mass is 372 g/mol. The van der Waals surface area contributed by atoms with Crippen LogP contribution in [-0.4, -0.2) is 42.5 Å². The summed E-state index contributed by atoms with van der Waals surface area (Å²) < 4.78 is 10.3. The molecule has 0 atom stereocenters. The van der Waals surface area contributed by atoms with Gasteiger partial charge >= 0.3 is 6.09 Å². The van der Waals surface area contributed by atoms with Gasteiger partial charge in [0.15, 0.2) is 0 Å². The van der Waals surface area contributed by atoms with Crippen LogP contribution in [0.15, 0.2) is 35.4 Å². The Labute approximate surface area is 157 Å². The number of hydrazone groups is 1. The lowest BCUT2D eigenvalue weighted by Gasteiger charge is -2.19. The summed E-state index contributed by atoms with van der Waals surface area (Å²) in [5.74, 6) is 0.436. The summed E-state index contributed by atoms with van der Waals surface area (Å²) in [5.41, 5.74) is 3.23. The number of benzene rings is 1. The first kappa shape index (κ1) is 20.2. The molecule has 8 heteroatoms. The summed E-state index contributed by atoms with van der Waals surface area (Å²) in [7, 11) is 1.61. The number of alkyl carbamates (subject to hydrolysis) is 1. The molecule has 2 rings (SSSR count). The highest BCUT2D eigenvalue weighted by Crippen LogP contribution is 2.19. The van der Waals surface area contributed by atoms with E-state index in [1.165, 1.54) is 6.21 Å². The molecule has 1 heterocycles. The number of nitrogens with one attached hydrogen (secondary N) is 2. The summed E-state index contributed by atoms with van der Waals surface area (Å²) in [6, 6.07) is 9.27. The minimum atomic E-state index is -0.575. The lowest BCUT2D eigenvalue weighted by Crippen LogP contribution is -2.34. The molecule has 2 N–H and O–H groups in total. The summed E-state index contributed by atoms with van der Waals surface area (Å²) in [6.07, 6.45) is 0.987. The maximum absolute atomic E-state index is 11.7. The number of hydrogen-bond donors (Lipinski definition) is 2. The van der Waals surface area contributed by atoms with E-state index in [2.05, 4.69) is 20.8 Å². The molecule has 1 aromatic heterocycles. The molecule has 0 bridgehead atoms. The van der Waals surface area contributed by atoms with Gasteiger partial charge in [0, 0.05) is 18.4 Å². The van der Waals surface area contributed by atoms with E-state index in [0.29, 0.717) is 5.69 Å². The van der Waals surface area contributed by atoms with Crippen molar-refractivity contribution in [3.63, 3.8) is 0 Å². The fourth-order valence-corrected chi connectivity index (χ4v) is 2.14. The number of pyridine rings is 1. The Morgan fingerprint density at radius 1 is 1.22 bits per heavy atom. The van der Waals surface area contributed by atoms with Crippen LogP contribution in [0.4, 0.5) is 4.79 Å². The number of hydrogen-bond acceptors (Lipinski definition) is 6. The Balaban J connectivity index is 1.80. The van der Waals surface area contributed by atoms with E-state index in [9.17, 15) is 9.59 Å². The maximum Gasteiger partial charge on any atom is 0.407 e. The molecular formula is C19H24N4O4. The van der Waals surface area contributed by atoms with E-state index in [0.717, 1.165) is 16.7 Å². The Hall–Kier alpha value is -3.16. The number of methoxy groups -OCH3 is 1. The van der Waals surface area contributed by atoms with Crippen molar-refractivity contribution in [2.45, 2.75) is 32.8 Å². The number of amides is 2. The molecule has 8 nitrogen and oxygen atoms in total. The van der Waals surface area contributed by atoms with Crippen LogP contribution in [0.3, 0.4) is 0 Å². The summed E-state index contributed by atoms with van der Waals surface area (Å²) in [4.78, 5) is 27.6. The average molecular weight is 372 g/mol. The molecule has 0 aliphatic rings. The maximum atomic E-state index is 11.7. The van der Waals surface area contributed by atoms with E-state index in [1.807, 2.05) is 24.3 Å². The molecular weight excluding hydrogens is 348 g/mol. The first-order valence-electron chi connectivity index (χ1n) is 8.50. The third-order valence-corrected chi connectivity index (χ3v) is 3.32. The number of rotatable bonds is 6. The van der Waals surface area contributed by atoms with Crippen LogP contribution in [0.2, 0.25) is 0 Å². The molecule has 0 saturated heterocycles. The van der Waals surface area contributed by atoms with E-state index >= 15 is 0 Å². The minimum Gasteiger partial charge on any atom is -0.497 e. The van der Waals surface area contributed by atoms with Crippen LogP contribution in [0.25, 0.3) is 10.9 Å². The van der Waals surface area contributed by atoms with E-state index in [4.69, 9.17) is 9.47 Å². The van der Waals surface area contributed by atoms with Crippen LogP contribution in [0.5, 0.6) is 5.75 Å². The van der Waals surface area contributed by atoms with Crippen LogP contribution in [0, 0.1) is 0 Å². The normalized spacial score (nSPS) is 11.4. The lowest BCUT2D eigenvalue weighted by molar-refractivity contribution is -0.120. The predicted octanol–water partition coefficient (Wildman–Crippen LogP) is 2.61. The molecule has 27 heavy (non-hydrogen) atoms. The molecule has 0 saturated carbocycles. The highest BCUT2D eigenvalue weighted by atomic mass is 16.6. The van der Waals surface area contributed by atoms with Crippen LogP contribution < -0.4 is 15.5 Å². The molecule has 2 amide bonds. The van der Waals surface area contributed by atoms with Gasteiger partial charge in [-0.3, -0.25) is 4.79 Å². The first-order valence-corrected chi connectivity index (χ1v) is 8.50. The molecule has 0 spiro atoms. The molecule has 0 aliphatic carbocycles. The average Bonchev–Trinajstić information content (AvgIpc) is 2.59. The third kappa shape index (κ3) is 6.93. The van der Waals surface area contributed by atoms with Gasteiger partial charge in [-0.25, -0.2) is 15.2 Å². The van der Waals surface area contributed by atoms with Crippen LogP contribution >= 0.6 is 0 Å². The topological polar surface area (TPSA) is 102 Å². The zero-order valence-electron chi connectivity index (χ0n) is 15.9. The quantitative estimate of drug-likeness (QED) is 0.599. The number of carbonyl (C=O) groups excluding carboxylic acids is 2. The minimum absolute atomic E-state index is 0.0848. The summed E-state index contributed by atoms with van der Waals surface area (Å²) in [5, 5.41) is 7.34.